The van der Waals surface area contributed by atoms with Crippen LogP contribution in [0, 0.1) is 13.3 Å². The van der Waals surface area contributed by atoms with Crippen molar-refractivity contribution in [3.05, 3.63) is 31.2 Å². The van der Waals surface area contributed by atoms with Crippen molar-refractivity contribution in [3.8, 4) is 0 Å². The molecular formula is C33H59B2KO8. The van der Waals surface area contributed by atoms with Crippen LogP contribution in [0.3, 0.4) is 0 Å². The number of hydrogen-bond acceptors (Lipinski definition) is 7. The number of unbranched alkanes of at least 4 members (excludes halogenated alkanes) is 15. The molecule has 1 aromatic rings. The summed E-state index contributed by atoms with van der Waals surface area (Å²) in [6, 6.07) is 4.05. The van der Waals surface area contributed by atoms with Crippen LogP contribution in [-0.4, -0.2) is 57.0 Å². The number of ketones is 2. The molecule has 0 aliphatic heterocycles. The van der Waals surface area contributed by atoms with Gasteiger partial charge in [0, 0.05) is 26.3 Å². The van der Waals surface area contributed by atoms with Crippen LogP contribution in [0.25, 0.3) is 0 Å². The van der Waals surface area contributed by atoms with Gasteiger partial charge in [0.25, 0.3) is 0 Å². The van der Waals surface area contributed by atoms with Crippen molar-refractivity contribution in [1.82, 2.24) is 0 Å². The van der Waals surface area contributed by atoms with Crippen LogP contribution in [0.1, 0.15) is 154 Å². The SMILES string of the molecule is C[C@@H](CCCCCC(=O)CCCCCCCCCCCCCCCCC(=O)c1cc(B(O)O)cc(B(O)O)c1)C(=O)O.[CH3-].[HH].[K+]. The van der Waals surface area contributed by atoms with Crippen LogP contribution in [-0.2, 0) is 9.59 Å². The van der Waals surface area contributed by atoms with Gasteiger partial charge in [0.1, 0.15) is 5.78 Å². The molecule has 0 aromatic heterocycles. The molecule has 0 aliphatic carbocycles. The minimum atomic E-state index is -1.78. The average molecular weight is 645 g/mol. The predicted molar refractivity (Wildman–Crippen MR) is 178 cm³/mol. The van der Waals surface area contributed by atoms with E-state index in [1.807, 2.05) is 0 Å². The fourth-order valence-electron chi connectivity index (χ4n) is 5.21. The average Bonchev–Trinajstić information content (AvgIpc) is 2.96. The van der Waals surface area contributed by atoms with E-state index >= 15 is 0 Å². The van der Waals surface area contributed by atoms with Gasteiger partial charge in [-0.2, -0.15) is 0 Å². The summed E-state index contributed by atoms with van der Waals surface area (Å²) in [6.07, 6.45) is 21.0. The van der Waals surface area contributed by atoms with Gasteiger partial charge in [-0.15, -0.1) is 0 Å². The van der Waals surface area contributed by atoms with E-state index in [-0.39, 0.29) is 88.4 Å². The normalized spacial score (nSPS) is 11.3. The number of aliphatic carboxylic acids is 1. The van der Waals surface area contributed by atoms with E-state index in [2.05, 4.69) is 0 Å². The number of carboxylic acid groups (broad SMARTS) is 1. The number of carboxylic acids is 1. The second kappa shape index (κ2) is 28.8. The van der Waals surface area contributed by atoms with Crippen LogP contribution in [0.5, 0.6) is 0 Å². The van der Waals surface area contributed by atoms with Gasteiger partial charge in [-0.05, 0) is 36.6 Å². The maximum atomic E-state index is 12.5. The second-order valence-electron chi connectivity index (χ2n) is 11.9. The maximum Gasteiger partial charge on any atom is 1.00 e. The molecule has 5 N–H and O–H groups in total. The van der Waals surface area contributed by atoms with Gasteiger partial charge in [0.15, 0.2) is 5.78 Å². The van der Waals surface area contributed by atoms with Crippen molar-refractivity contribution in [2.45, 2.75) is 142 Å². The summed E-state index contributed by atoms with van der Waals surface area (Å²) >= 11 is 0. The van der Waals surface area contributed by atoms with Crippen molar-refractivity contribution in [2.24, 2.45) is 5.92 Å². The summed E-state index contributed by atoms with van der Waals surface area (Å²) in [6.45, 7) is 1.73. The Morgan fingerprint density at radius 2 is 0.955 bits per heavy atom. The van der Waals surface area contributed by atoms with Crippen LogP contribution in [0.15, 0.2) is 18.2 Å². The van der Waals surface area contributed by atoms with E-state index < -0.39 is 20.2 Å². The zero-order valence-electron chi connectivity index (χ0n) is 27.8. The minimum absolute atomic E-state index is 0. The van der Waals surface area contributed by atoms with Crippen LogP contribution < -0.4 is 62.3 Å². The Balaban J connectivity index is -0.00000588. The fourth-order valence-corrected chi connectivity index (χ4v) is 5.21. The molecule has 1 aromatic carbocycles. The Morgan fingerprint density at radius 1 is 0.614 bits per heavy atom. The summed E-state index contributed by atoms with van der Waals surface area (Å²) in [5.41, 5.74) is 0.403. The zero-order chi connectivity index (χ0) is 31.2. The van der Waals surface area contributed by atoms with Gasteiger partial charge < -0.3 is 32.6 Å². The number of hydrogen-bond donors (Lipinski definition) is 5. The molecule has 0 spiro atoms. The molecule has 1 rings (SSSR count). The third kappa shape index (κ3) is 23.0. The van der Waals surface area contributed by atoms with Crippen molar-refractivity contribution in [1.29, 1.82) is 0 Å². The molecule has 0 saturated carbocycles. The topological polar surface area (TPSA) is 152 Å². The first-order valence-corrected chi connectivity index (χ1v) is 16.3. The molecular weight excluding hydrogens is 585 g/mol. The Morgan fingerprint density at radius 3 is 1.32 bits per heavy atom. The molecule has 0 aliphatic rings. The largest absolute Gasteiger partial charge is 1.00 e. The van der Waals surface area contributed by atoms with E-state index in [1.54, 1.807) is 6.92 Å². The second-order valence-corrected chi connectivity index (χ2v) is 11.9. The molecule has 0 fully saturated rings. The number of carbonyl (C=O) groups is 3. The van der Waals surface area contributed by atoms with Crippen molar-refractivity contribution < 1.29 is 92.4 Å². The Bertz CT molecular complexity index is 894. The van der Waals surface area contributed by atoms with E-state index in [0.29, 0.717) is 31.5 Å². The summed E-state index contributed by atoms with van der Waals surface area (Å²) in [4.78, 5) is 35.3. The molecule has 0 unspecified atom stereocenters. The maximum absolute atomic E-state index is 12.5. The van der Waals surface area contributed by atoms with Gasteiger partial charge in [-0.3, -0.25) is 14.4 Å². The number of Topliss-reactive ketones (excluding diaryl/α,β-unsaturated/α-hetero) is 2. The zero-order valence-corrected chi connectivity index (χ0v) is 30.9. The fraction of sp³-hybridized carbons (Fsp3) is 0.697. The molecule has 246 valence electrons. The number of carbonyl (C=O) groups excluding carboxylic acids is 2. The molecule has 44 heavy (non-hydrogen) atoms. The molecule has 0 bridgehead atoms. The van der Waals surface area contributed by atoms with Crippen molar-refractivity contribution in [3.63, 3.8) is 0 Å². The molecule has 0 amide bonds. The quantitative estimate of drug-likeness (QED) is 0.0424. The summed E-state index contributed by atoms with van der Waals surface area (Å²) in [7, 11) is -3.56. The minimum Gasteiger partial charge on any atom is -0.481 e. The van der Waals surface area contributed by atoms with Crippen molar-refractivity contribution >= 4 is 42.7 Å². The van der Waals surface area contributed by atoms with E-state index in [4.69, 9.17) is 5.11 Å². The van der Waals surface area contributed by atoms with Gasteiger partial charge >= 0.3 is 71.6 Å². The molecule has 0 heterocycles. The van der Waals surface area contributed by atoms with Gasteiger partial charge in [0.2, 0.25) is 0 Å². The molecule has 1 atom stereocenters. The summed E-state index contributed by atoms with van der Waals surface area (Å²) in [5.74, 6) is -0.825. The van der Waals surface area contributed by atoms with Gasteiger partial charge in [-0.25, -0.2) is 0 Å². The van der Waals surface area contributed by atoms with E-state index in [9.17, 15) is 34.5 Å². The Kier molecular flexibility index (Phi) is 30.0. The van der Waals surface area contributed by atoms with Crippen molar-refractivity contribution in [2.75, 3.05) is 0 Å². The first kappa shape index (κ1) is 45.8. The summed E-state index contributed by atoms with van der Waals surface area (Å²) in [5, 5.41) is 46.4. The van der Waals surface area contributed by atoms with Crippen LogP contribution in [0.4, 0.5) is 0 Å². The number of benzene rings is 1. The molecule has 8 nitrogen and oxygen atoms in total. The standard InChI is InChI=1S/C32H54B2O8.CH3.K.H2/c1-26(32(37)38)19-15-14-17-21-30(35)20-16-12-10-8-6-4-2-3-5-7-9-11-13-18-22-31(36)27-23-28(33(39)40)25-29(24-27)34(41)42;;;/h23-26,39-42H,2-22H2,1H3,(H,37,38);1H3;;1H/q;-1;+1;/t26-;;;/m0.../s1. The van der Waals surface area contributed by atoms with Gasteiger partial charge in [0.05, 0.1) is 5.92 Å². The molecule has 0 radical (unpaired) electrons. The summed E-state index contributed by atoms with van der Waals surface area (Å²) < 4.78 is 0. The Labute approximate surface area is 311 Å². The molecule has 0 saturated heterocycles. The number of rotatable bonds is 27. The smallest absolute Gasteiger partial charge is 0.481 e. The van der Waals surface area contributed by atoms with E-state index in [1.165, 1.54) is 69.6 Å². The monoisotopic (exact) mass is 644 g/mol. The van der Waals surface area contributed by atoms with Gasteiger partial charge in [-0.1, -0.05) is 115 Å². The third-order valence-electron chi connectivity index (χ3n) is 8.02. The van der Waals surface area contributed by atoms with Crippen LogP contribution >= 0.6 is 0 Å². The first-order chi connectivity index (χ1) is 20.1. The first-order valence-electron chi connectivity index (χ1n) is 16.3. The van der Waals surface area contributed by atoms with E-state index in [0.717, 1.165) is 57.8 Å². The third-order valence-corrected chi connectivity index (χ3v) is 8.02. The predicted octanol–water partition coefficient (Wildman–Crippen LogP) is 2.41. The Hall–Kier alpha value is -0.364. The van der Waals surface area contributed by atoms with Crippen LogP contribution in [0.2, 0.25) is 0 Å². The molecule has 11 heteroatoms.